The lowest BCUT2D eigenvalue weighted by Crippen LogP contribution is -2.30. The Labute approximate surface area is 148 Å². The molecule has 2 N–H and O–H groups in total. The Morgan fingerprint density at radius 3 is 2.79 bits per heavy atom. The van der Waals surface area contributed by atoms with Gasteiger partial charge in [-0.1, -0.05) is 20.8 Å². The first-order valence-corrected chi connectivity index (χ1v) is 9.56. The number of esters is 1. The highest BCUT2D eigenvalue weighted by Gasteiger charge is 2.29. The van der Waals surface area contributed by atoms with Crippen molar-refractivity contribution in [3.63, 3.8) is 0 Å². The second kappa shape index (κ2) is 8.62. The van der Waals surface area contributed by atoms with Crippen LogP contribution in [0.5, 0.6) is 0 Å². The molecule has 0 radical (unpaired) electrons. The average Bonchev–Trinajstić information content (AvgIpc) is 2.83. The van der Waals surface area contributed by atoms with Gasteiger partial charge in [-0.2, -0.15) is 0 Å². The first-order chi connectivity index (χ1) is 11.4. The van der Waals surface area contributed by atoms with Crippen molar-refractivity contribution in [2.75, 3.05) is 25.0 Å². The van der Waals surface area contributed by atoms with Gasteiger partial charge in [0, 0.05) is 4.88 Å². The SMILES string of the molecule is CCOC(=O)c1c(NC(=O)CNCC(C)C)sc2c1CC[C@@H](C)C2. The molecule has 1 atom stereocenters. The van der Waals surface area contributed by atoms with Crippen molar-refractivity contribution in [3.8, 4) is 0 Å². The molecule has 24 heavy (non-hydrogen) atoms. The number of fused-ring (bicyclic) bond motifs is 1. The second-order valence-electron chi connectivity index (χ2n) is 6.85. The van der Waals surface area contributed by atoms with Crippen molar-refractivity contribution in [2.45, 2.75) is 47.0 Å². The van der Waals surface area contributed by atoms with Crippen LogP contribution in [0.15, 0.2) is 0 Å². The van der Waals surface area contributed by atoms with Crippen molar-refractivity contribution in [1.82, 2.24) is 5.32 Å². The Morgan fingerprint density at radius 2 is 2.12 bits per heavy atom. The first kappa shape index (κ1) is 18.9. The van der Waals surface area contributed by atoms with Crippen molar-refractivity contribution >= 4 is 28.2 Å². The Kier molecular flexibility index (Phi) is 6.80. The second-order valence-corrected chi connectivity index (χ2v) is 7.95. The Bertz CT molecular complexity index is 595. The summed E-state index contributed by atoms with van der Waals surface area (Å²) in [5.41, 5.74) is 1.64. The van der Waals surface area contributed by atoms with E-state index in [2.05, 4.69) is 31.4 Å². The number of amides is 1. The number of rotatable bonds is 7. The standard InChI is InChI=1S/C18H28N2O3S/c1-5-23-18(22)16-13-7-6-12(4)8-14(13)24-17(16)20-15(21)10-19-9-11(2)3/h11-12,19H,5-10H2,1-4H3,(H,20,21)/t12-/m1/s1. The molecule has 1 aliphatic carbocycles. The van der Waals surface area contributed by atoms with Crippen molar-refractivity contribution in [2.24, 2.45) is 11.8 Å². The topological polar surface area (TPSA) is 67.4 Å². The van der Waals surface area contributed by atoms with Gasteiger partial charge in [-0.3, -0.25) is 4.79 Å². The van der Waals surface area contributed by atoms with Crippen LogP contribution in [0.4, 0.5) is 5.00 Å². The maximum atomic E-state index is 12.4. The maximum absolute atomic E-state index is 12.4. The Morgan fingerprint density at radius 1 is 1.38 bits per heavy atom. The monoisotopic (exact) mass is 352 g/mol. The predicted octanol–water partition coefficient (Wildman–Crippen LogP) is 3.23. The first-order valence-electron chi connectivity index (χ1n) is 8.74. The van der Waals surface area contributed by atoms with Crippen LogP contribution in [0.1, 0.15) is 54.9 Å². The minimum Gasteiger partial charge on any atom is -0.462 e. The molecule has 1 aromatic rings. The zero-order valence-corrected chi connectivity index (χ0v) is 15.8. The molecule has 6 heteroatoms. The fraction of sp³-hybridized carbons (Fsp3) is 0.667. The Balaban J connectivity index is 2.15. The number of thiophene rings is 1. The Hall–Kier alpha value is -1.40. The molecular weight excluding hydrogens is 324 g/mol. The molecule has 0 aromatic carbocycles. The summed E-state index contributed by atoms with van der Waals surface area (Å²) in [5.74, 6) is 0.661. The molecule has 1 aliphatic rings. The van der Waals surface area contributed by atoms with E-state index in [-0.39, 0.29) is 18.4 Å². The van der Waals surface area contributed by atoms with Gasteiger partial charge in [-0.25, -0.2) is 4.79 Å². The van der Waals surface area contributed by atoms with Crippen molar-refractivity contribution in [3.05, 3.63) is 16.0 Å². The van der Waals surface area contributed by atoms with E-state index >= 15 is 0 Å². The number of carbonyl (C=O) groups is 2. The molecule has 1 amide bonds. The van der Waals surface area contributed by atoms with Gasteiger partial charge in [-0.15, -0.1) is 11.3 Å². The summed E-state index contributed by atoms with van der Waals surface area (Å²) in [6, 6.07) is 0. The van der Waals surface area contributed by atoms with Crippen LogP contribution in [0.2, 0.25) is 0 Å². The number of nitrogens with one attached hydrogen (secondary N) is 2. The van der Waals surface area contributed by atoms with Gasteiger partial charge in [0.05, 0.1) is 18.7 Å². The van der Waals surface area contributed by atoms with Crippen LogP contribution in [0, 0.1) is 11.8 Å². The normalized spacial score (nSPS) is 16.8. The third kappa shape index (κ3) is 4.80. The van der Waals surface area contributed by atoms with E-state index < -0.39 is 0 Å². The summed E-state index contributed by atoms with van der Waals surface area (Å²) in [7, 11) is 0. The van der Waals surface area contributed by atoms with Gasteiger partial charge >= 0.3 is 5.97 Å². The fourth-order valence-electron chi connectivity index (χ4n) is 2.90. The van der Waals surface area contributed by atoms with E-state index in [1.165, 1.54) is 16.2 Å². The van der Waals surface area contributed by atoms with Gasteiger partial charge in [0.1, 0.15) is 5.00 Å². The van der Waals surface area contributed by atoms with E-state index in [9.17, 15) is 9.59 Å². The number of ether oxygens (including phenoxy) is 1. The average molecular weight is 353 g/mol. The number of hydrogen-bond donors (Lipinski definition) is 2. The summed E-state index contributed by atoms with van der Waals surface area (Å²) in [4.78, 5) is 25.8. The smallest absolute Gasteiger partial charge is 0.341 e. The molecule has 0 aliphatic heterocycles. The molecule has 134 valence electrons. The molecule has 0 unspecified atom stereocenters. The van der Waals surface area contributed by atoms with Crippen LogP contribution >= 0.6 is 11.3 Å². The van der Waals surface area contributed by atoms with Gasteiger partial charge in [-0.05, 0) is 50.1 Å². The summed E-state index contributed by atoms with van der Waals surface area (Å²) in [6.07, 6.45) is 2.91. The van der Waals surface area contributed by atoms with Crippen LogP contribution in [-0.2, 0) is 22.4 Å². The van der Waals surface area contributed by atoms with Gasteiger partial charge < -0.3 is 15.4 Å². The molecular formula is C18H28N2O3S. The molecule has 1 aromatic heterocycles. The van der Waals surface area contributed by atoms with E-state index in [0.29, 0.717) is 29.0 Å². The zero-order valence-electron chi connectivity index (χ0n) is 15.0. The van der Waals surface area contributed by atoms with E-state index in [4.69, 9.17) is 4.74 Å². The summed E-state index contributed by atoms with van der Waals surface area (Å²) >= 11 is 1.53. The predicted molar refractivity (Wildman–Crippen MR) is 97.8 cm³/mol. The highest BCUT2D eigenvalue weighted by molar-refractivity contribution is 7.17. The number of carbonyl (C=O) groups excluding carboxylic acids is 2. The largest absolute Gasteiger partial charge is 0.462 e. The minimum atomic E-state index is -0.324. The van der Waals surface area contributed by atoms with Crippen LogP contribution in [0.25, 0.3) is 0 Å². The number of anilines is 1. The highest BCUT2D eigenvalue weighted by Crippen LogP contribution is 2.40. The third-order valence-electron chi connectivity index (χ3n) is 4.08. The molecule has 0 spiro atoms. The van der Waals surface area contributed by atoms with Gasteiger partial charge in [0.15, 0.2) is 0 Å². The summed E-state index contributed by atoms with van der Waals surface area (Å²) in [6.45, 7) is 9.59. The maximum Gasteiger partial charge on any atom is 0.341 e. The third-order valence-corrected chi connectivity index (χ3v) is 5.25. The lowest BCUT2D eigenvalue weighted by Gasteiger charge is -2.18. The summed E-state index contributed by atoms with van der Waals surface area (Å²) in [5, 5.41) is 6.68. The molecule has 2 rings (SSSR count). The van der Waals surface area contributed by atoms with Crippen LogP contribution in [0.3, 0.4) is 0 Å². The fourth-order valence-corrected chi connectivity index (χ4v) is 4.32. The van der Waals surface area contributed by atoms with E-state index in [1.807, 2.05) is 0 Å². The highest BCUT2D eigenvalue weighted by atomic mass is 32.1. The molecule has 0 saturated heterocycles. The zero-order chi connectivity index (χ0) is 17.7. The molecule has 0 saturated carbocycles. The van der Waals surface area contributed by atoms with Crippen molar-refractivity contribution in [1.29, 1.82) is 0 Å². The van der Waals surface area contributed by atoms with E-state index in [0.717, 1.165) is 31.4 Å². The van der Waals surface area contributed by atoms with Crippen LogP contribution in [-0.4, -0.2) is 31.6 Å². The van der Waals surface area contributed by atoms with Crippen molar-refractivity contribution < 1.29 is 14.3 Å². The van der Waals surface area contributed by atoms with Crippen LogP contribution < -0.4 is 10.6 Å². The van der Waals surface area contributed by atoms with Gasteiger partial charge in [0.25, 0.3) is 0 Å². The lowest BCUT2D eigenvalue weighted by atomic mass is 9.88. The quantitative estimate of drug-likeness (QED) is 0.739. The minimum absolute atomic E-state index is 0.118. The molecule has 5 nitrogen and oxygen atoms in total. The molecule has 0 fully saturated rings. The number of hydrogen-bond acceptors (Lipinski definition) is 5. The summed E-state index contributed by atoms with van der Waals surface area (Å²) < 4.78 is 5.21. The lowest BCUT2D eigenvalue weighted by molar-refractivity contribution is -0.115. The molecule has 0 bridgehead atoms. The van der Waals surface area contributed by atoms with E-state index in [1.54, 1.807) is 6.92 Å². The molecule has 1 heterocycles. The van der Waals surface area contributed by atoms with Gasteiger partial charge in [0.2, 0.25) is 5.91 Å².